The number of benzene rings is 2. The topological polar surface area (TPSA) is 99.8 Å². The average Bonchev–Trinajstić information content (AvgIpc) is 3.15. The maximum atomic E-state index is 13.3. The van der Waals surface area contributed by atoms with Gasteiger partial charge in [-0.25, -0.2) is 4.79 Å². The van der Waals surface area contributed by atoms with Crippen LogP contribution in [-0.2, 0) is 4.79 Å². The molecule has 35 heavy (non-hydrogen) atoms. The molecule has 2 saturated heterocycles. The molecule has 4 amide bonds. The Morgan fingerprint density at radius 2 is 1.83 bits per heavy atom. The molecule has 2 aliphatic heterocycles. The van der Waals surface area contributed by atoms with E-state index in [9.17, 15) is 14.4 Å². The van der Waals surface area contributed by atoms with E-state index in [0.29, 0.717) is 17.9 Å². The highest BCUT2D eigenvalue weighted by Crippen LogP contribution is 2.29. The van der Waals surface area contributed by atoms with E-state index >= 15 is 0 Å². The Morgan fingerprint density at radius 3 is 2.49 bits per heavy atom. The predicted molar refractivity (Wildman–Crippen MR) is 136 cm³/mol. The van der Waals surface area contributed by atoms with Gasteiger partial charge in [-0.15, -0.1) is 11.8 Å². The summed E-state index contributed by atoms with van der Waals surface area (Å²) in [5.41, 5.74) is 0.684. The van der Waals surface area contributed by atoms with Crippen LogP contribution in [0.15, 0.2) is 53.4 Å². The van der Waals surface area contributed by atoms with Crippen molar-refractivity contribution in [2.75, 3.05) is 32.5 Å². The minimum atomic E-state index is -1.01. The third kappa shape index (κ3) is 5.97. The number of nitrogens with zero attached hydrogens (tertiary/aromatic N) is 1. The van der Waals surface area contributed by atoms with Crippen molar-refractivity contribution in [2.45, 2.75) is 42.7 Å². The lowest BCUT2D eigenvalue weighted by Gasteiger charge is -2.35. The van der Waals surface area contributed by atoms with Crippen molar-refractivity contribution >= 4 is 29.6 Å². The average molecular weight is 497 g/mol. The van der Waals surface area contributed by atoms with Crippen LogP contribution in [0.25, 0.3) is 0 Å². The number of methoxy groups -OCH3 is 1. The molecule has 2 aromatic rings. The van der Waals surface area contributed by atoms with Gasteiger partial charge in [0.25, 0.3) is 11.8 Å². The Bertz CT molecular complexity index is 1070. The van der Waals surface area contributed by atoms with E-state index in [-0.39, 0.29) is 17.9 Å². The van der Waals surface area contributed by atoms with Crippen molar-refractivity contribution < 1.29 is 19.1 Å². The lowest BCUT2D eigenvalue weighted by molar-refractivity contribution is -0.122. The van der Waals surface area contributed by atoms with Crippen molar-refractivity contribution in [1.82, 2.24) is 20.9 Å². The van der Waals surface area contributed by atoms with E-state index in [0.717, 1.165) is 42.1 Å². The minimum Gasteiger partial charge on any atom is -0.497 e. The fraction of sp³-hybridized carbons (Fsp3) is 0.423. The number of urea groups is 1. The molecular formula is C26H32N4O4S. The molecule has 0 spiro atoms. The van der Waals surface area contributed by atoms with Crippen molar-refractivity contribution in [1.29, 1.82) is 0 Å². The molecule has 2 aromatic carbocycles. The molecule has 3 N–H and O–H groups in total. The smallest absolute Gasteiger partial charge is 0.322 e. The number of rotatable bonds is 9. The van der Waals surface area contributed by atoms with Crippen LogP contribution >= 0.6 is 11.8 Å². The van der Waals surface area contributed by atoms with Crippen LogP contribution in [0, 0.1) is 0 Å². The minimum absolute atomic E-state index is 0.0706. The molecule has 2 heterocycles. The summed E-state index contributed by atoms with van der Waals surface area (Å²) in [7, 11) is 1.65. The maximum absolute atomic E-state index is 13.3. The van der Waals surface area contributed by atoms with E-state index in [4.69, 9.17) is 4.74 Å². The second-order valence-corrected chi connectivity index (χ2v) is 10.1. The molecule has 0 aliphatic carbocycles. The van der Waals surface area contributed by atoms with Crippen LogP contribution in [0.2, 0.25) is 0 Å². The van der Waals surface area contributed by atoms with Gasteiger partial charge in [0.1, 0.15) is 11.3 Å². The summed E-state index contributed by atoms with van der Waals surface area (Å²) < 4.78 is 5.31. The number of imide groups is 1. The Balaban J connectivity index is 1.45. The quantitative estimate of drug-likeness (QED) is 0.364. The second-order valence-electron chi connectivity index (χ2n) is 9.12. The van der Waals surface area contributed by atoms with Crippen molar-refractivity contribution in [2.24, 2.45) is 0 Å². The Morgan fingerprint density at radius 1 is 1.11 bits per heavy atom. The molecule has 0 unspecified atom stereocenters. The highest BCUT2D eigenvalue weighted by Gasteiger charge is 2.42. The normalized spacial score (nSPS) is 21.2. The summed E-state index contributed by atoms with van der Waals surface area (Å²) in [5, 5.41) is 8.08. The number of amides is 4. The number of thioether (sulfide) groups is 1. The summed E-state index contributed by atoms with van der Waals surface area (Å²) in [4.78, 5) is 40.2. The molecule has 186 valence electrons. The molecule has 0 bridgehead atoms. The van der Waals surface area contributed by atoms with Gasteiger partial charge in [0.05, 0.1) is 18.7 Å². The molecule has 0 radical (unpaired) electrons. The van der Waals surface area contributed by atoms with Crippen LogP contribution in [-0.4, -0.2) is 60.8 Å². The standard InChI is InChI=1S/C26H32N4O4S/c1-26(24(32)28-25(33)29-26)17-35-22-9-5-4-8-20(22)23(31)27-16-21(30-14-6-3-7-15-30)18-10-12-19(34-2)13-11-18/h4-5,8-13,21H,3,6-7,14-17H2,1-2H3,(H,27,31)(H2,28,29,32,33)/t21-,26-/m0/s1. The van der Waals surface area contributed by atoms with Crippen LogP contribution in [0.4, 0.5) is 4.79 Å². The maximum Gasteiger partial charge on any atom is 0.322 e. The van der Waals surface area contributed by atoms with Crippen molar-refractivity contribution in [3.05, 3.63) is 59.7 Å². The first-order valence-corrected chi connectivity index (χ1v) is 12.9. The van der Waals surface area contributed by atoms with Gasteiger partial charge in [-0.1, -0.05) is 30.7 Å². The highest BCUT2D eigenvalue weighted by molar-refractivity contribution is 7.99. The van der Waals surface area contributed by atoms with E-state index in [2.05, 4.69) is 33.0 Å². The SMILES string of the molecule is COc1ccc([C@H](CNC(=O)c2ccccc2SC[C@]2(C)NC(=O)NC2=O)N2CCCCC2)cc1. The number of piperidine rings is 1. The molecule has 2 atom stereocenters. The molecule has 8 nitrogen and oxygen atoms in total. The first-order chi connectivity index (χ1) is 16.9. The number of carbonyl (C=O) groups excluding carboxylic acids is 3. The van der Waals surface area contributed by atoms with Crippen LogP contribution in [0.5, 0.6) is 5.75 Å². The van der Waals surface area contributed by atoms with Gasteiger partial charge >= 0.3 is 6.03 Å². The lowest BCUT2D eigenvalue weighted by atomic mass is 10.0. The fourth-order valence-electron chi connectivity index (χ4n) is 4.48. The molecule has 2 aliphatic rings. The second kappa shape index (κ2) is 11.1. The number of hydrogen-bond donors (Lipinski definition) is 3. The summed E-state index contributed by atoms with van der Waals surface area (Å²) in [6.45, 7) is 4.18. The van der Waals surface area contributed by atoms with E-state index in [1.54, 1.807) is 20.1 Å². The first-order valence-electron chi connectivity index (χ1n) is 11.9. The number of ether oxygens (including phenoxy) is 1. The van der Waals surface area contributed by atoms with Gasteiger partial charge in [0, 0.05) is 17.2 Å². The number of hydrogen-bond acceptors (Lipinski definition) is 6. The fourth-order valence-corrected chi connectivity index (χ4v) is 5.62. The van der Waals surface area contributed by atoms with Crippen LogP contribution in [0.3, 0.4) is 0 Å². The third-order valence-electron chi connectivity index (χ3n) is 6.55. The van der Waals surface area contributed by atoms with Crippen molar-refractivity contribution in [3.63, 3.8) is 0 Å². The van der Waals surface area contributed by atoms with Crippen LogP contribution in [0.1, 0.15) is 48.1 Å². The van der Waals surface area contributed by atoms with Gasteiger partial charge in [-0.2, -0.15) is 0 Å². The molecule has 2 fully saturated rings. The summed E-state index contributed by atoms with van der Waals surface area (Å²) in [6.07, 6.45) is 3.55. The lowest BCUT2D eigenvalue weighted by Crippen LogP contribution is -2.46. The summed E-state index contributed by atoms with van der Waals surface area (Å²) in [6, 6.07) is 15.0. The van der Waals surface area contributed by atoms with Gasteiger partial charge in [-0.05, 0) is 62.7 Å². The Kier molecular flexibility index (Phi) is 7.97. The number of nitrogens with one attached hydrogen (secondary N) is 3. The third-order valence-corrected chi connectivity index (χ3v) is 7.94. The monoisotopic (exact) mass is 496 g/mol. The van der Waals surface area contributed by atoms with E-state index in [1.807, 2.05) is 30.3 Å². The highest BCUT2D eigenvalue weighted by atomic mass is 32.2. The number of carbonyl (C=O) groups is 3. The van der Waals surface area contributed by atoms with Crippen LogP contribution < -0.4 is 20.7 Å². The van der Waals surface area contributed by atoms with Gasteiger partial charge in [0.2, 0.25) is 0 Å². The molecule has 0 aromatic heterocycles. The van der Waals surface area contributed by atoms with Gasteiger partial charge in [-0.3, -0.25) is 19.8 Å². The Hall–Kier alpha value is -3.04. The molecular weight excluding hydrogens is 464 g/mol. The molecule has 0 saturated carbocycles. The Labute approximate surface area is 210 Å². The van der Waals surface area contributed by atoms with Gasteiger partial charge in [0.15, 0.2) is 0 Å². The number of likely N-dealkylation sites (tertiary alicyclic amines) is 1. The zero-order valence-corrected chi connectivity index (χ0v) is 21.0. The van der Waals surface area contributed by atoms with Gasteiger partial charge < -0.3 is 15.4 Å². The largest absolute Gasteiger partial charge is 0.497 e. The zero-order valence-electron chi connectivity index (χ0n) is 20.1. The summed E-state index contributed by atoms with van der Waals surface area (Å²) in [5.74, 6) is 0.605. The van der Waals surface area contributed by atoms with Crippen molar-refractivity contribution in [3.8, 4) is 5.75 Å². The summed E-state index contributed by atoms with van der Waals surface area (Å²) >= 11 is 1.38. The first kappa shape index (κ1) is 25.1. The predicted octanol–water partition coefficient (Wildman–Crippen LogP) is 3.34. The van der Waals surface area contributed by atoms with E-state index < -0.39 is 11.6 Å². The molecule has 9 heteroatoms. The zero-order chi connectivity index (χ0) is 24.8. The molecule has 4 rings (SSSR count). The van der Waals surface area contributed by atoms with E-state index in [1.165, 1.54) is 18.2 Å².